The average molecular weight is 357 g/mol. The number of nitrogens with one attached hydrogen (secondary N) is 1. The summed E-state index contributed by atoms with van der Waals surface area (Å²) in [5.41, 5.74) is 1.60. The quantitative estimate of drug-likeness (QED) is 0.823. The van der Waals surface area contributed by atoms with E-state index in [1.54, 1.807) is 18.2 Å². The van der Waals surface area contributed by atoms with Crippen molar-refractivity contribution in [1.29, 1.82) is 5.26 Å². The number of hydrogen-bond acceptors (Lipinski definition) is 3. The van der Waals surface area contributed by atoms with Crippen LogP contribution in [0.25, 0.3) is 6.08 Å². The van der Waals surface area contributed by atoms with Crippen LogP contribution in [-0.4, -0.2) is 12.5 Å². The van der Waals surface area contributed by atoms with E-state index in [2.05, 4.69) is 21.2 Å². The van der Waals surface area contributed by atoms with Gasteiger partial charge in [0.15, 0.2) is 6.61 Å². The van der Waals surface area contributed by atoms with Crippen LogP contribution in [0.5, 0.6) is 5.75 Å². The maximum Gasteiger partial charge on any atom is 0.248 e. The number of anilines is 1. The molecule has 0 saturated heterocycles. The predicted molar refractivity (Wildman–Crippen MR) is 89.4 cm³/mol. The number of carbonyl (C=O) groups excluding carboxylic acids is 1. The van der Waals surface area contributed by atoms with Gasteiger partial charge in [0.2, 0.25) is 5.91 Å². The molecule has 0 fully saturated rings. The van der Waals surface area contributed by atoms with E-state index in [0.29, 0.717) is 5.75 Å². The van der Waals surface area contributed by atoms with Crippen LogP contribution >= 0.6 is 15.9 Å². The molecule has 0 spiro atoms. The first-order valence-electron chi connectivity index (χ1n) is 6.52. The van der Waals surface area contributed by atoms with Crippen molar-refractivity contribution in [3.05, 3.63) is 64.6 Å². The Kier molecular flexibility index (Phi) is 5.75. The van der Waals surface area contributed by atoms with Crippen LogP contribution in [0, 0.1) is 11.3 Å². The second-order valence-corrected chi connectivity index (χ2v) is 5.26. The molecule has 2 aromatic rings. The Morgan fingerprint density at radius 2 is 2.05 bits per heavy atom. The maximum atomic E-state index is 11.8. The zero-order valence-corrected chi connectivity index (χ0v) is 13.2. The van der Waals surface area contributed by atoms with Crippen molar-refractivity contribution in [2.24, 2.45) is 0 Å². The molecule has 0 aliphatic heterocycles. The average Bonchev–Trinajstić information content (AvgIpc) is 2.52. The van der Waals surface area contributed by atoms with Gasteiger partial charge in [0.1, 0.15) is 11.8 Å². The molecule has 0 bridgehead atoms. The normalized spacial score (nSPS) is 10.2. The predicted octanol–water partition coefficient (Wildman–Crippen LogP) is 4.00. The zero-order chi connectivity index (χ0) is 15.8. The number of nitriles is 1. The Morgan fingerprint density at radius 3 is 2.73 bits per heavy atom. The summed E-state index contributed by atoms with van der Waals surface area (Å²) < 4.78 is 6.06. The molecule has 0 unspecified atom stereocenters. The summed E-state index contributed by atoms with van der Waals surface area (Å²) in [6.07, 6.45) is 3.17. The monoisotopic (exact) mass is 356 g/mol. The van der Waals surface area contributed by atoms with Crippen molar-refractivity contribution >= 4 is 33.6 Å². The molecule has 22 heavy (non-hydrogen) atoms. The summed E-state index contributed by atoms with van der Waals surface area (Å²) in [5, 5.41) is 11.2. The van der Waals surface area contributed by atoms with Gasteiger partial charge in [-0.15, -0.1) is 0 Å². The molecule has 2 aromatic carbocycles. The van der Waals surface area contributed by atoms with Gasteiger partial charge in [0, 0.05) is 16.2 Å². The van der Waals surface area contributed by atoms with E-state index in [1.807, 2.05) is 42.5 Å². The first kappa shape index (κ1) is 15.8. The molecule has 0 aromatic heterocycles. The first-order chi connectivity index (χ1) is 10.7. The topological polar surface area (TPSA) is 62.1 Å². The largest absolute Gasteiger partial charge is 0.479 e. The molecule has 1 amide bonds. The van der Waals surface area contributed by atoms with Crippen LogP contribution in [0.3, 0.4) is 0 Å². The van der Waals surface area contributed by atoms with Crippen LogP contribution in [-0.2, 0) is 4.79 Å². The smallest absolute Gasteiger partial charge is 0.248 e. The number of benzene rings is 2. The first-order valence-corrected chi connectivity index (χ1v) is 7.31. The van der Waals surface area contributed by atoms with E-state index in [1.165, 1.54) is 6.08 Å². The molecular weight excluding hydrogens is 344 g/mol. The van der Waals surface area contributed by atoms with E-state index in [9.17, 15) is 4.79 Å². The van der Waals surface area contributed by atoms with Gasteiger partial charge in [-0.05, 0) is 42.0 Å². The lowest BCUT2D eigenvalue weighted by atomic mass is 10.2. The van der Waals surface area contributed by atoms with Crippen molar-refractivity contribution in [2.75, 3.05) is 11.9 Å². The summed E-state index contributed by atoms with van der Waals surface area (Å²) in [5.74, 6) is 0.417. The van der Waals surface area contributed by atoms with Crippen molar-refractivity contribution in [1.82, 2.24) is 0 Å². The van der Waals surface area contributed by atoms with Gasteiger partial charge in [-0.3, -0.25) is 4.79 Å². The fourth-order valence-electron chi connectivity index (χ4n) is 1.71. The number of nitrogens with zero attached hydrogens (tertiary/aromatic N) is 1. The van der Waals surface area contributed by atoms with Crippen molar-refractivity contribution in [3.8, 4) is 11.8 Å². The van der Waals surface area contributed by atoms with Crippen LogP contribution in [0.2, 0.25) is 0 Å². The number of halogens is 1. The van der Waals surface area contributed by atoms with Gasteiger partial charge >= 0.3 is 0 Å². The van der Waals surface area contributed by atoms with Crippen LogP contribution in [0.1, 0.15) is 5.56 Å². The van der Waals surface area contributed by atoms with E-state index in [0.717, 1.165) is 15.7 Å². The SMILES string of the molecule is N#CCOc1ccc(/C=C/C(=O)Nc2cccc(Br)c2)cc1. The highest BCUT2D eigenvalue weighted by Gasteiger charge is 1.98. The standard InChI is InChI=1S/C17H13BrN2O2/c18-14-2-1-3-15(12-14)20-17(21)9-6-13-4-7-16(8-5-13)22-11-10-19/h1-9,12H,11H2,(H,20,21)/b9-6+. The highest BCUT2D eigenvalue weighted by Crippen LogP contribution is 2.16. The third kappa shape index (κ3) is 5.08. The third-order valence-corrected chi connectivity index (χ3v) is 3.20. The molecule has 1 N–H and O–H groups in total. The Balaban J connectivity index is 1.93. The molecular formula is C17H13BrN2O2. The zero-order valence-electron chi connectivity index (χ0n) is 11.6. The van der Waals surface area contributed by atoms with Crippen molar-refractivity contribution in [2.45, 2.75) is 0 Å². The Hall–Kier alpha value is -2.58. The number of rotatable bonds is 5. The number of amides is 1. The van der Waals surface area contributed by atoms with Gasteiger partial charge < -0.3 is 10.1 Å². The van der Waals surface area contributed by atoms with Crippen LogP contribution in [0.15, 0.2) is 59.1 Å². The Labute approximate surface area is 137 Å². The summed E-state index contributed by atoms with van der Waals surface area (Å²) in [6.45, 7) is 0.0181. The van der Waals surface area contributed by atoms with Crippen molar-refractivity contribution < 1.29 is 9.53 Å². The molecule has 2 rings (SSSR count). The summed E-state index contributed by atoms with van der Waals surface area (Å²) >= 11 is 3.35. The van der Waals surface area contributed by atoms with Gasteiger partial charge in [-0.25, -0.2) is 0 Å². The molecule has 0 aliphatic carbocycles. The molecule has 4 nitrogen and oxygen atoms in total. The Bertz CT molecular complexity index is 718. The lowest BCUT2D eigenvalue weighted by molar-refractivity contribution is -0.111. The summed E-state index contributed by atoms with van der Waals surface area (Å²) in [7, 11) is 0. The lowest BCUT2D eigenvalue weighted by Gasteiger charge is -2.03. The minimum Gasteiger partial charge on any atom is -0.479 e. The van der Waals surface area contributed by atoms with E-state index in [4.69, 9.17) is 10.00 Å². The van der Waals surface area contributed by atoms with Gasteiger partial charge in [-0.2, -0.15) is 5.26 Å². The fourth-order valence-corrected chi connectivity index (χ4v) is 2.11. The molecule has 110 valence electrons. The minimum atomic E-state index is -0.206. The van der Waals surface area contributed by atoms with Crippen LogP contribution in [0.4, 0.5) is 5.69 Å². The third-order valence-electron chi connectivity index (χ3n) is 2.70. The number of ether oxygens (including phenoxy) is 1. The van der Waals surface area contributed by atoms with Gasteiger partial charge in [0.05, 0.1) is 0 Å². The van der Waals surface area contributed by atoms with E-state index in [-0.39, 0.29) is 12.5 Å². The maximum absolute atomic E-state index is 11.8. The molecule has 0 heterocycles. The van der Waals surface area contributed by atoms with E-state index >= 15 is 0 Å². The fraction of sp³-hybridized carbons (Fsp3) is 0.0588. The summed E-state index contributed by atoms with van der Waals surface area (Å²) in [6, 6.07) is 16.4. The van der Waals surface area contributed by atoms with Gasteiger partial charge in [-0.1, -0.05) is 34.1 Å². The summed E-state index contributed by atoms with van der Waals surface area (Å²) in [4.78, 5) is 11.8. The Morgan fingerprint density at radius 1 is 1.27 bits per heavy atom. The number of carbonyl (C=O) groups is 1. The highest BCUT2D eigenvalue weighted by atomic mass is 79.9. The molecule has 0 aliphatic rings. The second kappa shape index (κ2) is 8.01. The second-order valence-electron chi connectivity index (χ2n) is 4.35. The van der Waals surface area contributed by atoms with Crippen LogP contribution < -0.4 is 10.1 Å². The molecule has 5 heteroatoms. The number of hydrogen-bond donors (Lipinski definition) is 1. The van der Waals surface area contributed by atoms with Crippen molar-refractivity contribution in [3.63, 3.8) is 0 Å². The minimum absolute atomic E-state index is 0.0181. The van der Waals surface area contributed by atoms with E-state index < -0.39 is 0 Å². The lowest BCUT2D eigenvalue weighted by Crippen LogP contribution is -2.07. The molecule has 0 radical (unpaired) electrons. The highest BCUT2D eigenvalue weighted by molar-refractivity contribution is 9.10. The van der Waals surface area contributed by atoms with Gasteiger partial charge in [0.25, 0.3) is 0 Å². The molecule has 0 atom stereocenters. The molecule has 0 saturated carbocycles.